The third-order valence-corrected chi connectivity index (χ3v) is 4.53. The van der Waals surface area contributed by atoms with E-state index in [1.807, 2.05) is 18.2 Å². The maximum atomic E-state index is 13.2. The molecule has 3 rings (SSSR count). The van der Waals surface area contributed by atoms with E-state index in [4.69, 9.17) is 11.6 Å². The molecular weight excluding hydrogens is 341 g/mol. The van der Waals surface area contributed by atoms with Crippen LogP contribution in [0.15, 0.2) is 42.5 Å². The van der Waals surface area contributed by atoms with Crippen molar-refractivity contribution in [2.24, 2.45) is 0 Å². The smallest absolute Gasteiger partial charge is 0.243 e. The third-order valence-electron chi connectivity index (χ3n) is 4.24. The van der Waals surface area contributed by atoms with Crippen LogP contribution in [0.5, 0.6) is 0 Å². The molecule has 25 heavy (non-hydrogen) atoms. The molecule has 0 bridgehead atoms. The van der Waals surface area contributed by atoms with Crippen LogP contribution < -0.4 is 15.5 Å². The lowest BCUT2D eigenvalue weighted by atomic mass is 10.1. The molecular formula is C19H21ClFN3O. The molecule has 132 valence electrons. The second-order valence-corrected chi connectivity index (χ2v) is 6.50. The molecule has 0 aromatic heterocycles. The van der Waals surface area contributed by atoms with Crippen LogP contribution in [0.1, 0.15) is 19.3 Å². The first-order chi connectivity index (χ1) is 12.1. The van der Waals surface area contributed by atoms with Crippen molar-refractivity contribution in [2.75, 3.05) is 35.2 Å². The number of carbonyl (C=O) groups excluding carboxylic acids is 1. The predicted octanol–water partition coefficient (Wildman–Crippen LogP) is 4.52. The summed E-state index contributed by atoms with van der Waals surface area (Å²) in [6.07, 6.45) is 3.66. The number of benzene rings is 2. The highest BCUT2D eigenvalue weighted by Gasteiger charge is 2.14. The van der Waals surface area contributed by atoms with Gasteiger partial charge in [-0.25, -0.2) is 4.39 Å². The molecule has 4 nitrogen and oxygen atoms in total. The minimum absolute atomic E-state index is 0.0128. The van der Waals surface area contributed by atoms with Crippen LogP contribution in [0.2, 0.25) is 5.02 Å². The van der Waals surface area contributed by atoms with E-state index in [9.17, 15) is 9.18 Å². The van der Waals surface area contributed by atoms with Crippen LogP contribution in [0.3, 0.4) is 0 Å². The van der Waals surface area contributed by atoms with E-state index in [-0.39, 0.29) is 17.5 Å². The minimum Gasteiger partial charge on any atom is -0.374 e. The van der Waals surface area contributed by atoms with Gasteiger partial charge in [-0.3, -0.25) is 4.79 Å². The zero-order valence-electron chi connectivity index (χ0n) is 13.9. The molecule has 0 unspecified atom stereocenters. The standard InChI is InChI=1S/C19H21ClFN3O/c20-15-12-14(8-9-16(15)21)23-19(25)13-22-17-6-2-3-7-18(17)24-10-4-1-5-11-24/h2-3,6-9,12,22H,1,4-5,10-11,13H2,(H,23,25). The van der Waals surface area contributed by atoms with Gasteiger partial charge in [-0.2, -0.15) is 0 Å². The van der Waals surface area contributed by atoms with Crippen LogP contribution in [0, 0.1) is 5.82 Å². The van der Waals surface area contributed by atoms with E-state index in [1.165, 1.54) is 37.5 Å². The maximum absolute atomic E-state index is 13.2. The number of hydrogen-bond acceptors (Lipinski definition) is 3. The molecule has 1 amide bonds. The topological polar surface area (TPSA) is 44.4 Å². The molecule has 1 saturated heterocycles. The number of hydrogen-bond donors (Lipinski definition) is 2. The normalized spacial score (nSPS) is 14.2. The quantitative estimate of drug-likeness (QED) is 0.823. The number of nitrogens with one attached hydrogen (secondary N) is 2. The van der Waals surface area contributed by atoms with Crippen molar-refractivity contribution < 1.29 is 9.18 Å². The van der Waals surface area contributed by atoms with Crippen LogP contribution in [-0.4, -0.2) is 25.5 Å². The average Bonchev–Trinajstić information content (AvgIpc) is 2.64. The summed E-state index contributed by atoms with van der Waals surface area (Å²) < 4.78 is 13.2. The van der Waals surface area contributed by atoms with Gasteiger partial charge < -0.3 is 15.5 Å². The Hall–Kier alpha value is -2.27. The Morgan fingerprint density at radius 3 is 2.64 bits per heavy atom. The first-order valence-corrected chi connectivity index (χ1v) is 8.84. The van der Waals surface area contributed by atoms with E-state index in [2.05, 4.69) is 21.6 Å². The van der Waals surface area contributed by atoms with Crippen molar-refractivity contribution >= 4 is 34.6 Å². The average molecular weight is 362 g/mol. The van der Waals surface area contributed by atoms with Gasteiger partial charge in [-0.05, 0) is 49.6 Å². The van der Waals surface area contributed by atoms with Crippen molar-refractivity contribution in [1.82, 2.24) is 0 Å². The number of halogens is 2. The van der Waals surface area contributed by atoms with E-state index in [1.54, 1.807) is 0 Å². The molecule has 1 aliphatic heterocycles. The van der Waals surface area contributed by atoms with Crippen LogP contribution in [-0.2, 0) is 4.79 Å². The molecule has 0 radical (unpaired) electrons. The van der Waals surface area contributed by atoms with E-state index in [0.29, 0.717) is 5.69 Å². The van der Waals surface area contributed by atoms with Gasteiger partial charge in [-0.15, -0.1) is 0 Å². The van der Waals surface area contributed by atoms with Gasteiger partial charge in [0, 0.05) is 18.8 Å². The molecule has 0 spiro atoms. The molecule has 6 heteroatoms. The fourth-order valence-corrected chi connectivity index (χ4v) is 3.17. The highest BCUT2D eigenvalue weighted by molar-refractivity contribution is 6.31. The summed E-state index contributed by atoms with van der Waals surface area (Å²) in [7, 11) is 0. The molecule has 1 aliphatic rings. The summed E-state index contributed by atoms with van der Waals surface area (Å²) in [5.74, 6) is -0.718. The summed E-state index contributed by atoms with van der Waals surface area (Å²) >= 11 is 5.73. The number of nitrogens with zero attached hydrogens (tertiary/aromatic N) is 1. The van der Waals surface area contributed by atoms with Gasteiger partial charge in [0.1, 0.15) is 5.82 Å². The van der Waals surface area contributed by atoms with Gasteiger partial charge >= 0.3 is 0 Å². The molecule has 1 heterocycles. The van der Waals surface area contributed by atoms with Crippen LogP contribution >= 0.6 is 11.6 Å². The monoisotopic (exact) mass is 361 g/mol. The Morgan fingerprint density at radius 1 is 1.12 bits per heavy atom. The van der Waals surface area contributed by atoms with Gasteiger partial charge in [0.05, 0.1) is 22.9 Å². The number of carbonyl (C=O) groups is 1. The van der Waals surface area contributed by atoms with Crippen molar-refractivity contribution in [1.29, 1.82) is 0 Å². The first kappa shape index (κ1) is 17.5. The Morgan fingerprint density at radius 2 is 1.88 bits per heavy atom. The number of anilines is 3. The summed E-state index contributed by atoms with van der Waals surface area (Å²) in [5.41, 5.74) is 2.54. The lowest BCUT2D eigenvalue weighted by molar-refractivity contribution is -0.114. The number of piperidine rings is 1. The molecule has 0 aliphatic carbocycles. The number of para-hydroxylation sites is 2. The van der Waals surface area contributed by atoms with Crippen LogP contribution in [0.4, 0.5) is 21.5 Å². The number of amides is 1. The molecule has 2 aromatic carbocycles. The molecule has 0 saturated carbocycles. The van der Waals surface area contributed by atoms with Crippen molar-refractivity contribution in [3.8, 4) is 0 Å². The third kappa shape index (κ3) is 4.63. The SMILES string of the molecule is O=C(CNc1ccccc1N1CCCCC1)Nc1ccc(F)c(Cl)c1. The molecule has 2 aromatic rings. The zero-order valence-corrected chi connectivity index (χ0v) is 14.7. The summed E-state index contributed by atoms with van der Waals surface area (Å²) in [4.78, 5) is 14.5. The first-order valence-electron chi connectivity index (χ1n) is 8.46. The second kappa shape index (κ2) is 8.21. The lowest BCUT2D eigenvalue weighted by Gasteiger charge is -2.30. The Bertz CT molecular complexity index is 747. The van der Waals surface area contributed by atoms with Gasteiger partial charge in [0.2, 0.25) is 5.91 Å². The number of rotatable bonds is 5. The van der Waals surface area contributed by atoms with Crippen molar-refractivity contribution in [3.63, 3.8) is 0 Å². The predicted molar refractivity (Wildman–Crippen MR) is 101 cm³/mol. The molecule has 2 N–H and O–H groups in total. The van der Waals surface area contributed by atoms with Gasteiger partial charge in [0.25, 0.3) is 0 Å². The fraction of sp³-hybridized carbons (Fsp3) is 0.316. The second-order valence-electron chi connectivity index (χ2n) is 6.10. The molecule has 0 atom stereocenters. The van der Waals surface area contributed by atoms with Crippen molar-refractivity contribution in [3.05, 3.63) is 53.3 Å². The Balaban J connectivity index is 1.61. The highest BCUT2D eigenvalue weighted by Crippen LogP contribution is 2.28. The van der Waals surface area contributed by atoms with E-state index in [0.717, 1.165) is 24.5 Å². The summed E-state index contributed by atoms with van der Waals surface area (Å²) in [6.45, 7) is 2.21. The van der Waals surface area contributed by atoms with Gasteiger partial charge in [-0.1, -0.05) is 23.7 Å². The Labute approximate surface area is 152 Å². The zero-order chi connectivity index (χ0) is 17.6. The summed E-state index contributed by atoms with van der Waals surface area (Å²) in [5, 5.41) is 5.90. The highest BCUT2D eigenvalue weighted by atomic mass is 35.5. The van der Waals surface area contributed by atoms with E-state index < -0.39 is 5.82 Å². The largest absolute Gasteiger partial charge is 0.374 e. The van der Waals surface area contributed by atoms with Crippen LogP contribution in [0.25, 0.3) is 0 Å². The lowest BCUT2D eigenvalue weighted by Crippen LogP contribution is -2.30. The summed E-state index contributed by atoms with van der Waals surface area (Å²) in [6, 6.07) is 12.1. The van der Waals surface area contributed by atoms with Gasteiger partial charge in [0.15, 0.2) is 0 Å². The molecule has 1 fully saturated rings. The van der Waals surface area contributed by atoms with Crippen molar-refractivity contribution in [2.45, 2.75) is 19.3 Å². The van der Waals surface area contributed by atoms with E-state index >= 15 is 0 Å². The maximum Gasteiger partial charge on any atom is 0.243 e. The fourth-order valence-electron chi connectivity index (χ4n) is 2.99. The Kier molecular flexibility index (Phi) is 5.76. The minimum atomic E-state index is -0.506.